The van der Waals surface area contributed by atoms with Gasteiger partial charge in [-0.25, -0.2) is 0 Å². The molecule has 4 heteroatoms. The van der Waals surface area contributed by atoms with E-state index >= 15 is 0 Å². The molecule has 17 heavy (non-hydrogen) atoms. The summed E-state index contributed by atoms with van der Waals surface area (Å²) in [4.78, 5) is 11.3. The van der Waals surface area contributed by atoms with Crippen molar-refractivity contribution >= 4 is 5.91 Å². The Balaban J connectivity index is 2.14. The fraction of sp³-hybridized carbons (Fsp3) is 0.462. The minimum absolute atomic E-state index is 0.00541. The van der Waals surface area contributed by atoms with Gasteiger partial charge in [-0.2, -0.15) is 0 Å². The van der Waals surface area contributed by atoms with Crippen molar-refractivity contribution in [3.05, 3.63) is 35.4 Å². The molecule has 0 aliphatic carbocycles. The number of benzene rings is 1. The van der Waals surface area contributed by atoms with E-state index in [0.29, 0.717) is 26.2 Å². The number of ether oxygens (including phenoxy) is 1. The first kappa shape index (κ1) is 13.7. The van der Waals surface area contributed by atoms with Gasteiger partial charge in [-0.1, -0.05) is 29.8 Å². The largest absolute Gasteiger partial charge is 0.383 e. The summed E-state index contributed by atoms with van der Waals surface area (Å²) in [5.74, 6) is -0.00541. The molecule has 0 fully saturated rings. The zero-order chi connectivity index (χ0) is 12.5. The molecule has 0 heterocycles. The molecule has 0 saturated carbocycles. The Morgan fingerprint density at radius 1 is 1.29 bits per heavy atom. The van der Waals surface area contributed by atoms with Crippen molar-refractivity contribution in [1.82, 2.24) is 10.6 Å². The van der Waals surface area contributed by atoms with Crippen molar-refractivity contribution in [2.24, 2.45) is 0 Å². The number of amides is 1. The Kier molecular flexibility index (Phi) is 6.29. The second-order valence-corrected chi connectivity index (χ2v) is 3.93. The number of carbonyl (C=O) groups excluding carboxylic acids is 1. The molecule has 0 saturated heterocycles. The van der Waals surface area contributed by atoms with Gasteiger partial charge in [0, 0.05) is 20.2 Å². The van der Waals surface area contributed by atoms with Gasteiger partial charge in [0.05, 0.1) is 13.2 Å². The van der Waals surface area contributed by atoms with Crippen LogP contribution in [-0.2, 0) is 16.1 Å². The molecule has 4 nitrogen and oxygen atoms in total. The van der Waals surface area contributed by atoms with Crippen LogP contribution < -0.4 is 10.6 Å². The minimum atomic E-state index is -0.00541. The summed E-state index contributed by atoms with van der Waals surface area (Å²) in [6, 6.07) is 8.25. The lowest BCUT2D eigenvalue weighted by Gasteiger charge is -2.06. The second kappa shape index (κ2) is 7.81. The molecule has 0 radical (unpaired) electrons. The highest BCUT2D eigenvalue weighted by Crippen LogP contribution is 2.01. The Morgan fingerprint density at radius 2 is 2.00 bits per heavy atom. The lowest BCUT2D eigenvalue weighted by atomic mass is 10.1. The fourth-order valence-electron chi connectivity index (χ4n) is 1.38. The fourth-order valence-corrected chi connectivity index (χ4v) is 1.38. The van der Waals surface area contributed by atoms with Crippen LogP contribution in [0.4, 0.5) is 0 Å². The van der Waals surface area contributed by atoms with Crippen molar-refractivity contribution in [3.8, 4) is 0 Å². The van der Waals surface area contributed by atoms with Crippen molar-refractivity contribution in [3.63, 3.8) is 0 Å². The molecule has 94 valence electrons. The SMILES string of the molecule is COCCNC(=O)CNCc1ccc(C)cc1. The summed E-state index contributed by atoms with van der Waals surface area (Å²) in [5.41, 5.74) is 2.42. The third-order valence-electron chi connectivity index (χ3n) is 2.36. The average molecular weight is 236 g/mol. The highest BCUT2D eigenvalue weighted by Gasteiger charge is 1.99. The van der Waals surface area contributed by atoms with Gasteiger partial charge in [0.2, 0.25) is 5.91 Å². The van der Waals surface area contributed by atoms with E-state index < -0.39 is 0 Å². The molecule has 0 aromatic heterocycles. The Bertz CT molecular complexity index is 336. The van der Waals surface area contributed by atoms with Crippen LogP contribution >= 0.6 is 0 Å². The highest BCUT2D eigenvalue weighted by molar-refractivity contribution is 5.77. The number of nitrogens with one attached hydrogen (secondary N) is 2. The average Bonchev–Trinajstić information content (AvgIpc) is 2.32. The van der Waals surface area contributed by atoms with Crippen LogP contribution in [0.25, 0.3) is 0 Å². The van der Waals surface area contributed by atoms with Gasteiger partial charge in [0.1, 0.15) is 0 Å². The molecular formula is C13H20N2O2. The van der Waals surface area contributed by atoms with Gasteiger partial charge in [0.25, 0.3) is 0 Å². The lowest BCUT2D eigenvalue weighted by Crippen LogP contribution is -2.35. The Hall–Kier alpha value is -1.39. The van der Waals surface area contributed by atoms with E-state index in [1.54, 1.807) is 7.11 Å². The number of rotatable bonds is 7. The molecular weight excluding hydrogens is 216 g/mol. The van der Waals surface area contributed by atoms with Gasteiger partial charge in [0.15, 0.2) is 0 Å². The van der Waals surface area contributed by atoms with Crippen molar-refractivity contribution in [2.45, 2.75) is 13.5 Å². The highest BCUT2D eigenvalue weighted by atomic mass is 16.5. The summed E-state index contributed by atoms with van der Waals surface area (Å²) in [5, 5.41) is 5.85. The van der Waals surface area contributed by atoms with Crippen LogP contribution in [0, 0.1) is 6.92 Å². The molecule has 1 rings (SSSR count). The van der Waals surface area contributed by atoms with Crippen LogP contribution in [0.5, 0.6) is 0 Å². The molecule has 0 aliphatic rings. The van der Waals surface area contributed by atoms with Crippen molar-refractivity contribution in [2.75, 3.05) is 26.8 Å². The second-order valence-electron chi connectivity index (χ2n) is 3.93. The predicted octanol–water partition coefficient (Wildman–Crippen LogP) is 0.847. The molecule has 0 bridgehead atoms. The van der Waals surface area contributed by atoms with Gasteiger partial charge >= 0.3 is 0 Å². The molecule has 1 aromatic carbocycles. The third kappa shape index (κ3) is 6.04. The van der Waals surface area contributed by atoms with Gasteiger partial charge < -0.3 is 15.4 Å². The van der Waals surface area contributed by atoms with E-state index in [2.05, 4.69) is 41.8 Å². The zero-order valence-electron chi connectivity index (χ0n) is 10.5. The molecule has 0 atom stereocenters. The number of hydrogen-bond donors (Lipinski definition) is 2. The van der Waals surface area contributed by atoms with Crippen LogP contribution in [0.2, 0.25) is 0 Å². The van der Waals surface area contributed by atoms with Crippen LogP contribution in [0.1, 0.15) is 11.1 Å². The van der Waals surface area contributed by atoms with Gasteiger partial charge in [-0.15, -0.1) is 0 Å². The van der Waals surface area contributed by atoms with E-state index in [1.807, 2.05) is 0 Å². The maximum atomic E-state index is 11.3. The van der Waals surface area contributed by atoms with E-state index in [4.69, 9.17) is 4.74 Å². The number of aryl methyl sites for hydroxylation is 1. The lowest BCUT2D eigenvalue weighted by molar-refractivity contribution is -0.120. The van der Waals surface area contributed by atoms with E-state index in [1.165, 1.54) is 11.1 Å². The van der Waals surface area contributed by atoms with Gasteiger partial charge in [-0.3, -0.25) is 4.79 Å². The Morgan fingerprint density at radius 3 is 2.65 bits per heavy atom. The third-order valence-corrected chi connectivity index (χ3v) is 2.36. The molecule has 1 aromatic rings. The first-order valence-electron chi connectivity index (χ1n) is 5.74. The monoisotopic (exact) mass is 236 g/mol. The molecule has 1 amide bonds. The number of carbonyl (C=O) groups is 1. The number of hydrogen-bond acceptors (Lipinski definition) is 3. The quantitative estimate of drug-likeness (QED) is 0.690. The van der Waals surface area contributed by atoms with Crippen LogP contribution in [0.15, 0.2) is 24.3 Å². The summed E-state index contributed by atoms with van der Waals surface area (Å²) in [7, 11) is 1.61. The van der Waals surface area contributed by atoms with E-state index in [-0.39, 0.29) is 5.91 Å². The van der Waals surface area contributed by atoms with E-state index in [9.17, 15) is 4.79 Å². The first-order chi connectivity index (χ1) is 8.22. The summed E-state index contributed by atoms with van der Waals surface area (Å²) in [6.45, 7) is 4.20. The smallest absolute Gasteiger partial charge is 0.234 e. The van der Waals surface area contributed by atoms with Crippen LogP contribution in [0.3, 0.4) is 0 Å². The minimum Gasteiger partial charge on any atom is -0.383 e. The number of methoxy groups -OCH3 is 1. The maximum absolute atomic E-state index is 11.3. The maximum Gasteiger partial charge on any atom is 0.234 e. The summed E-state index contributed by atoms with van der Waals surface area (Å²) in [6.07, 6.45) is 0. The Labute approximate surface area is 102 Å². The molecule has 0 spiro atoms. The van der Waals surface area contributed by atoms with E-state index in [0.717, 1.165) is 0 Å². The standard InChI is InChI=1S/C13H20N2O2/c1-11-3-5-12(6-4-11)9-14-10-13(16)15-7-8-17-2/h3-6,14H,7-10H2,1-2H3,(H,15,16). The molecule has 0 aliphatic heterocycles. The topological polar surface area (TPSA) is 50.4 Å². The normalized spacial score (nSPS) is 10.2. The zero-order valence-corrected chi connectivity index (χ0v) is 10.5. The van der Waals surface area contributed by atoms with Crippen molar-refractivity contribution in [1.29, 1.82) is 0 Å². The summed E-state index contributed by atoms with van der Waals surface area (Å²) >= 11 is 0. The molecule has 2 N–H and O–H groups in total. The first-order valence-corrected chi connectivity index (χ1v) is 5.74. The van der Waals surface area contributed by atoms with Gasteiger partial charge in [-0.05, 0) is 12.5 Å². The predicted molar refractivity (Wildman–Crippen MR) is 67.8 cm³/mol. The summed E-state index contributed by atoms with van der Waals surface area (Å²) < 4.78 is 4.84. The van der Waals surface area contributed by atoms with Crippen LogP contribution in [-0.4, -0.2) is 32.7 Å². The van der Waals surface area contributed by atoms with Crippen molar-refractivity contribution < 1.29 is 9.53 Å². The molecule has 0 unspecified atom stereocenters.